The summed E-state index contributed by atoms with van der Waals surface area (Å²) in [5.41, 5.74) is 7.73. The van der Waals surface area contributed by atoms with Crippen LogP contribution in [0, 0.1) is 10.1 Å². The van der Waals surface area contributed by atoms with E-state index in [-0.39, 0.29) is 74.5 Å². The molecule has 10 aromatic heterocycles. The lowest BCUT2D eigenvalue weighted by atomic mass is 10.0. The molecule has 0 spiro atoms. The topological polar surface area (TPSA) is 394 Å². The maximum Gasteiger partial charge on any atom is 0.377 e. The van der Waals surface area contributed by atoms with Crippen molar-refractivity contribution in [2.75, 3.05) is 64.6 Å². The molecule has 5 aromatic carbocycles. The molecule has 0 bridgehead atoms. The first-order chi connectivity index (χ1) is 58.3. The minimum Gasteiger partial charge on any atom is -0.475 e. The number of carbonyl (C=O) groups is 5. The largest absolute Gasteiger partial charge is 0.475 e. The highest BCUT2D eigenvalue weighted by Crippen LogP contribution is 2.42. The van der Waals surface area contributed by atoms with Gasteiger partial charge in [-0.05, 0) is 171 Å². The summed E-state index contributed by atoms with van der Waals surface area (Å²) in [6.45, 7) is 4.49. The Labute approximate surface area is 717 Å². The summed E-state index contributed by atoms with van der Waals surface area (Å²) in [5, 5.41) is 39.1. The second-order valence-electron chi connectivity index (χ2n) is 24.8. The molecule has 1 aliphatic rings. The van der Waals surface area contributed by atoms with Crippen molar-refractivity contribution in [3.8, 4) is 113 Å². The van der Waals surface area contributed by atoms with E-state index in [1.807, 2.05) is 103 Å². The molecular weight excluding hydrogens is 1760 g/mol. The normalized spacial score (nSPS) is 11.7. The second-order valence-corrected chi connectivity index (χ2v) is 27.8. The molecule has 30 nitrogen and oxygen atoms in total. The molecule has 0 unspecified atom stereocenters. The van der Waals surface area contributed by atoms with Crippen LogP contribution in [0.5, 0.6) is 0 Å². The fourth-order valence-corrected chi connectivity index (χ4v) is 12.7. The summed E-state index contributed by atoms with van der Waals surface area (Å²) in [6, 6.07) is 62.0. The number of hydrogen-bond acceptors (Lipinski definition) is 28. The Hall–Kier alpha value is -12.6. The average Bonchev–Trinajstić information content (AvgIpc) is 1.79. The predicted molar refractivity (Wildman–Crippen MR) is 439 cm³/mol. The Balaban J connectivity index is 0.000000138. The van der Waals surface area contributed by atoms with Crippen LogP contribution in [0.4, 0.5) is 0 Å². The fourth-order valence-electron chi connectivity index (χ4n) is 11.6. The zero-order valence-electron chi connectivity index (χ0n) is 62.1. The number of rotatable bonds is 27. The summed E-state index contributed by atoms with van der Waals surface area (Å²) < 4.78 is 73.7. The number of carboxylic acids is 1. The number of halogens is 7. The van der Waals surface area contributed by atoms with Crippen molar-refractivity contribution in [3.63, 3.8) is 0 Å². The smallest absolute Gasteiger partial charge is 0.377 e. The third kappa shape index (κ3) is 22.6. The number of benzene rings is 5. The summed E-state index contributed by atoms with van der Waals surface area (Å²) in [6.07, 6.45) is 1.60. The average molecular weight is 1820 g/mol. The molecular formula is C83H62BrCl6N7O23. The lowest BCUT2D eigenvalue weighted by Crippen LogP contribution is -2.37. The van der Waals surface area contributed by atoms with Crippen LogP contribution in [0.2, 0.25) is 26.1 Å². The molecule has 0 radical (unpaired) electrons. The Kier molecular flexibility index (Phi) is 30.9. The molecule has 616 valence electrons. The van der Waals surface area contributed by atoms with E-state index in [4.69, 9.17) is 133 Å². The van der Waals surface area contributed by atoms with Crippen LogP contribution in [0.3, 0.4) is 0 Å². The number of morpholine rings is 1. The highest BCUT2D eigenvalue weighted by atomic mass is 79.9. The number of aromatic carboxylic acids is 1. The van der Waals surface area contributed by atoms with Gasteiger partial charge in [-0.1, -0.05) is 193 Å². The van der Waals surface area contributed by atoms with Crippen molar-refractivity contribution in [2.24, 2.45) is 0 Å². The zero-order valence-corrected chi connectivity index (χ0v) is 68.2. The lowest BCUT2D eigenvalue weighted by Gasteiger charge is -2.26. The molecule has 0 amide bonds. The van der Waals surface area contributed by atoms with E-state index in [0.29, 0.717) is 116 Å². The van der Waals surface area contributed by atoms with Gasteiger partial charge in [0.05, 0.1) is 67.5 Å². The van der Waals surface area contributed by atoms with Gasteiger partial charge in [-0.25, -0.2) is 19.2 Å². The molecule has 0 atom stereocenters. The van der Waals surface area contributed by atoms with Crippen molar-refractivity contribution < 1.29 is 103 Å². The van der Waals surface area contributed by atoms with Crippen LogP contribution >= 0.6 is 85.5 Å². The second kappa shape index (κ2) is 42.7. The number of carbonyl (C=O) groups excluding carboxylic acids is 4. The van der Waals surface area contributed by atoms with E-state index < -0.39 is 34.2 Å². The Morgan fingerprint density at radius 1 is 0.392 bits per heavy atom. The summed E-state index contributed by atoms with van der Waals surface area (Å²) in [5.74, 6) is -1.43. The first-order valence-electron chi connectivity index (χ1n) is 35.9. The first-order valence-corrected chi connectivity index (χ1v) is 39.3. The quantitative estimate of drug-likeness (QED) is 0.00950. The number of nitrogens with zero attached hydrogens (tertiary/aromatic N) is 7. The van der Waals surface area contributed by atoms with Crippen LogP contribution in [0.15, 0.2) is 257 Å². The number of furan rings is 5. The van der Waals surface area contributed by atoms with Crippen LogP contribution in [0.25, 0.3) is 113 Å². The first kappa shape index (κ1) is 86.8. The molecule has 1 N–H and O–H groups in total. The maximum atomic E-state index is 12.7. The van der Waals surface area contributed by atoms with Gasteiger partial charge < -0.3 is 73.6 Å². The number of carboxylic acid groups (broad SMARTS) is 1. The standard InChI is InChI=1S/C21H21ClN2O5.C17H13BrClNO4.C17H13ClN2O7.C14H7Cl2NO3.C14H8ClNO4/c22-17-8-7-16(28-17)19-18(15-5-2-1-3-6-15)20(29-23-19)21(25)27-12-4-9-24-10-13-26-14-11-24;18-9-4-10-22-17(21)16-14(11-5-2-1-3-6-11)15(20-24-16)12-7-8-13(19)23-12;18-13-8-7-12(26-13)15-14(11-5-2-1-3-6-11)16(27-19-15)17(21)24-9-4-10-25-20(22)23;15-10-7-6-9(19-10)12-11(8-4-2-1-3-5-8)13(14(16)18)20-17-12;15-10-7-6-9(19-10)12-11(8-4-2-1-3-5-8)13(14(17)18)20-16-12/h1-3,5-8H,4,9-14H2;1-3,5-8H,4,9-10H2;1-3,5-8H,4,9-10H2;1-7H;1-7H,(H,17,18). The van der Waals surface area contributed by atoms with Gasteiger partial charge in [-0.2, -0.15) is 0 Å². The van der Waals surface area contributed by atoms with Crippen LogP contribution in [-0.4, -0.2) is 135 Å². The molecule has 0 aliphatic carbocycles. The molecule has 16 rings (SSSR count). The van der Waals surface area contributed by atoms with Crippen LogP contribution in [0.1, 0.15) is 72.0 Å². The molecule has 37 heteroatoms. The van der Waals surface area contributed by atoms with Crippen molar-refractivity contribution in [1.82, 2.24) is 30.7 Å². The lowest BCUT2D eigenvalue weighted by molar-refractivity contribution is -0.757. The van der Waals surface area contributed by atoms with E-state index in [9.17, 15) is 39.2 Å². The summed E-state index contributed by atoms with van der Waals surface area (Å²) in [7, 11) is 0. The van der Waals surface area contributed by atoms with Gasteiger partial charge in [-0.3, -0.25) is 9.69 Å². The molecule has 11 heterocycles. The van der Waals surface area contributed by atoms with Gasteiger partial charge >= 0.3 is 23.9 Å². The summed E-state index contributed by atoms with van der Waals surface area (Å²) >= 11 is 37.9. The van der Waals surface area contributed by atoms with E-state index >= 15 is 0 Å². The zero-order chi connectivity index (χ0) is 84.4. The molecule has 1 fully saturated rings. The van der Waals surface area contributed by atoms with Crippen molar-refractivity contribution in [3.05, 3.63) is 277 Å². The van der Waals surface area contributed by atoms with Gasteiger partial charge in [0.25, 0.3) is 33.4 Å². The van der Waals surface area contributed by atoms with E-state index in [1.165, 1.54) is 0 Å². The van der Waals surface area contributed by atoms with Crippen LogP contribution in [-0.2, 0) is 23.8 Å². The van der Waals surface area contributed by atoms with Crippen molar-refractivity contribution >= 4 is 115 Å². The van der Waals surface area contributed by atoms with Gasteiger partial charge in [0.1, 0.15) is 0 Å². The van der Waals surface area contributed by atoms with E-state index in [0.717, 1.165) is 61.3 Å². The maximum absolute atomic E-state index is 12.7. The predicted octanol–water partition coefficient (Wildman–Crippen LogP) is 21.9. The van der Waals surface area contributed by atoms with Gasteiger partial charge in [0.15, 0.2) is 83.4 Å². The third-order valence-electron chi connectivity index (χ3n) is 16.9. The number of aromatic nitrogens is 5. The molecule has 120 heavy (non-hydrogen) atoms. The fraction of sp³-hybridized carbons (Fsp3) is 0.157. The number of esters is 3. The van der Waals surface area contributed by atoms with E-state index in [1.54, 1.807) is 109 Å². The molecule has 1 saturated heterocycles. The van der Waals surface area contributed by atoms with Gasteiger partial charge in [-0.15, -0.1) is 10.1 Å². The third-order valence-corrected chi connectivity index (χ3v) is 18.7. The van der Waals surface area contributed by atoms with Crippen molar-refractivity contribution in [1.29, 1.82) is 0 Å². The number of ether oxygens (including phenoxy) is 4. The minimum absolute atomic E-state index is 0.0274. The SMILES string of the molecule is O=C(Cl)c1onc(-c2ccc(Cl)o2)c1-c1ccccc1.O=C(O)c1onc(-c2ccc(Cl)o2)c1-c1ccccc1.O=C(OCCCBr)c1onc(-c2ccc(Cl)o2)c1-c1ccccc1.O=C(OCCCN1CCOCC1)c1onc(-c2ccc(Cl)o2)c1-c1ccccc1.O=C(OCCCO[N+](=O)[O-])c1onc(-c2ccc(Cl)o2)c1-c1ccccc1. The molecule has 0 saturated carbocycles. The Morgan fingerprint density at radius 2 is 0.667 bits per heavy atom. The van der Waals surface area contributed by atoms with E-state index in [2.05, 4.69) is 51.5 Å². The Bertz CT molecular complexity index is 5760. The van der Waals surface area contributed by atoms with Crippen molar-refractivity contribution in [2.45, 2.75) is 19.3 Å². The van der Waals surface area contributed by atoms with Crippen LogP contribution < -0.4 is 0 Å². The highest BCUT2D eigenvalue weighted by Gasteiger charge is 2.33. The Morgan fingerprint density at radius 3 is 0.942 bits per heavy atom. The number of alkyl halides is 1. The highest BCUT2D eigenvalue weighted by molar-refractivity contribution is 9.09. The number of hydrogen-bond donors (Lipinski definition) is 1. The van der Waals surface area contributed by atoms with Gasteiger partial charge in [0.2, 0.25) is 5.76 Å². The molecule has 1 aliphatic heterocycles. The molecule has 15 aromatic rings. The summed E-state index contributed by atoms with van der Waals surface area (Å²) in [4.78, 5) is 76.7. The monoisotopic (exact) mass is 1810 g/mol. The minimum atomic E-state index is -1.19. The van der Waals surface area contributed by atoms with Gasteiger partial charge in [0, 0.05) is 31.4 Å².